The number of benzene rings is 3. The second kappa shape index (κ2) is 6.92. The number of carbonyl (C=O) groups excluding carboxylic acids is 1. The number of carbonyl (C=O) groups is 1. The third-order valence-corrected chi connectivity index (χ3v) is 4.46. The Morgan fingerprint density at radius 3 is 2.54 bits per heavy atom. The lowest BCUT2D eigenvalue weighted by Crippen LogP contribution is -2.12. The minimum Gasteiger partial charge on any atom is -0.422 e. The second-order valence-corrected chi connectivity index (χ2v) is 6.16. The third kappa shape index (κ3) is 3.07. The fraction of sp³-hybridized carbons (Fsp3) is 0. The van der Waals surface area contributed by atoms with Crippen LogP contribution in [0.5, 0.6) is 0 Å². The Bertz CT molecular complexity index is 1330. The molecule has 1 aromatic heterocycles. The van der Waals surface area contributed by atoms with E-state index < -0.39 is 16.3 Å². The van der Waals surface area contributed by atoms with Crippen molar-refractivity contribution in [1.29, 1.82) is 0 Å². The van der Waals surface area contributed by atoms with Crippen LogP contribution in [0.1, 0.15) is 15.9 Å². The molecule has 4 aromatic rings. The molecular weight excluding hydrogens is 358 g/mol. The van der Waals surface area contributed by atoms with Gasteiger partial charge in [-0.05, 0) is 41.1 Å². The number of nitrogens with zero attached hydrogens (tertiary/aromatic N) is 1. The molecule has 0 radical (unpaired) electrons. The second-order valence-electron chi connectivity index (χ2n) is 6.16. The molecule has 0 unspecified atom stereocenters. The lowest BCUT2D eigenvalue weighted by Gasteiger charge is -2.04. The van der Waals surface area contributed by atoms with Gasteiger partial charge in [0, 0.05) is 11.5 Å². The SMILES string of the molecule is O=C(/C=C/c1ccccc1[N+](=O)[O-])c1cc2c(ccc3ccccc32)oc1=O. The van der Waals surface area contributed by atoms with Gasteiger partial charge in [0.05, 0.1) is 10.5 Å². The van der Waals surface area contributed by atoms with E-state index in [-0.39, 0.29) is 16.8 Å². The smallest absolute Gasteiger partial charge is 0.347 e. The molecule has 0 aliphatic heterocycles. The third-order valence-electron chi connectivity index (χ3n) is 4.46. The van der Waals surface area contributed by atoms with Gasteiger partial charge in [0.25, 0.3) is 5.69 Å². The normalized spacial score (nSPS) is 11.3. The highest BCUT2D eigenvalue weighted by molar-refractivity contribution is 6.11. The quantitative estimate of drug-likeness (QED) is 0.129. The van der Waals surface area contributed by atoms with Gasteiger partial charge in [0.15, 0.2) is 5.78 Å². The maximum Gasteiger partial charge on any atom is 0.347 e. The predicted molar refractivity (Wildman–Crippen MR) is 106 cm³/mol. The van der Waals surface area contributed by atoms with Gasteiger partial charge >= 0.3 is 5.63 Å². The number of allylic oxidation sites excluding steroid dienone is 1. The first-order chi connectivity index (χ1) is 13.5. The van der Waals surface area contributed by atoms with Crippen LogP contribution in [0, 0.1) is 10.1 Å². The number of hydrogen-bond donors (Lipinski definition) is 0. The Labute approximate surface area is 158 Å². The molecule has 0 spiro atoms. The van der Waals surface area contributed by atoms with Crippen molar-refractivity contribution >= 4 is 39.3 Å². The summed E-state index contributed by atoms with van der Waals surface area (Å²) < 4.78 is 5.32. The van der Waals surface area contributed by atoms with E-state index >= 15 is 0 Å². The Morgan fingerprint density at radius 1 is 0.964 bits per heavy atom. The van der Waals surface area contributed by atoms with Crippen molar-refractivity contribution in [3.63, 3.8) is 0 Å². The first-order valence-electron chi connectivity index (χ1n) is 8.46. The Balaban J connectivity index is 1.79. The predicted octanol–water partition coefficient (Wildman–Crippen LogP) is 4.75. The molecule has 0 atom stereocenters. The van der Waals surface area contributed by atoms with E-state index in [0.29, 0.717) is 11.0 Å². The van der Waals surface area contributed by atoms with Gasteiger partial charge in [0.1, 0.15) is 11.1 Å². The van der Waals surface area contributed by atoms with Crippen LogP contribution >= 0.6 is 0 Å². The van der Waals surface area contributed by atoms with E-state index in [2.05, 4.69) is 0 Å². The van der Waals surface area contributed by atoms with Crippen LogP contribution in [0.4, 0.5) is 5.69 Å². The van der Waals surface area contributed by atoms with Gasteiger partial charge in [-0.25, -0.2) is 4.79 Å². The minimum atomic E-state index is -0.750. The molecule has 0 amide bonds. The first-order valence-corrected chi connectivity index (χ1v) is 8.46. The molecule has 4 rings (SSSR count). The molecule has 0 aliphatic rings. The summed E-state index contributed by atoms with van der Waals surface area (Å²) in [5.74, 6) is -0.582. The van der Waals surface area contributed by atoms with Crippen molar-refractivity contribution in [2.45, 2.75) is 0 Å². The van der Waals surface area contributed by atoms with Gasteiger partial charge in [-0.2, -0.15) is 0 Å². The molecule has 0 saturated carbocycles. The Hall–Kier alpha value is -4.06. The van der Waals surface area contributed by atoms with Crippen molar-refractivity contribution in [1.82, 2.24) is 0 Å². The molecule has 0 fully saturated rings. The Kier molecular flexibility index (Phi) is 4.29. The zero-order valence-corrected chi connectivity index (χ0v) is 14.5. The fourth-order valence-corrected chi connectivity index (χ4v) is 3.09. The molecule has 0 N–H and O–H groups in total. The lowest BCUT2D eigenvalue weighted by atomic mass is 10.0. The average molecular weight is 371 g/mol. The Morgan fingerprint density at radius 2 is 1.71 bits per heavy atom. The average Bonchev–Trinajstić information content (AvgIpc) is 2.71. The van der Waals surface area contributed by atoms with Gasteiger partial charge in [-0.15, -0.1) is 0 Å². The zero-order chi connectivity index (χ0) is 19.7. The van der Waals surface area contributed by atoms with E-state index in [9.17, 15) is 19.7 Å². The van der Waals surface area contributed by atoms with E-state index in [1.54, 1.807) is 18.2 Å². The lowest BCUT2D eigenvalue weighted by molar-refractivity contribution is -0.385. The van der Waals surface area contributed by atoms with Crippen LogP contribution in [0.25, 0.3) is 27.8 Å². The van der Waals surface area contributed by atoms with Crippen LogP contribution in [0.3, 0.4) is 0 Å². The number of nitro benzene ring substituents is 1. The van der Waals surface area contributed by atoms with Gasteiger partial charge in [0.2, 0.25) is 0 Å². The summed E-state index contributed by atoms with van der Waals surface area (Å²) in [5, 5.41) is 13.6. The monoisotopic (exact) mass is 371 g/mol. The standard InChI is InChI=1S/C22H13NO5/c24-20(11-9-15-6-2-4-8-19(15)23(26)27)18-13-17-16-7-3-1-5-14(16)10-12-21(17)28-22(18)25/h1-13H/b11-9+. The van der Waals surface area contributed by atoms with Crippen LogP contribution in [0.15, 0.2) is 82.0 Å². The molecule has 6 heteroatoms. The zero-order valence-electron chi connectivity index (χ0n) is 14.5. The van der Waals surface area contributed by atoms with Crippen LogP contribution in [-0.4, -0.2) is 10.7 Å². The fourth-order valence-electron chi connectivity index (χ4n) is 3.09. The molecule has 0 bridgehead atoms. The highest BCUT2D eigenvalue weighted by Gasteiger charge is 2.14. The maximum absolute atomic E-state index is 12.6. The molecular formula is C22H13NO5. The summed E-state index contributed by atoms with van der Waals surface area (Å²) in [5.41, 5.74) is -0.332. The van der Waals surface area contributed by atoms with E-state index in [0.717, 1.165) is 16.8 Å². The summed E-state index contributed by atoms with van der Waals surface area (Å²) in [7, 11) is 0. The van der Waals surface area contributed by atoms with Gasteiger partial charge in [-0.1, -0.05) is 42.5 Å². The molecule has 0 saturated heterocycles. The molecule has 136 valence electrons. The van der Waals surface area contributed by atoms with Crippen molar-refractivity contribution in [2.75, 3.05) is 0 Å². The van der Waals surface area contributed by atoms with Crippen molar-refractivity contribution in [3.8, 4) is 0 Å². The van der Waals surface area contributed by atoms with Crippen LogP contribution in [-0.2, 0) is 0 Å². The van der Waals surface area contributed by atoms with Crippen molar-refractivity contribution < 1.29 is 14.1 Å². The largest absolute Gasteiger partial charge is 0.422 e. The van der Waals surface area contributed by atoms with Crippen molar-refractivity contribution in [3.05, 3.63) is 104 Å². The summed E-state index contributed by atoms with van der Waals surface area (Å²) in [6.45, 7) is 0. The topological polar surface area (TPSA) is 90.4 Å². The van der Waals surface area contributed by atoms with Gasteiger partial charge in [-0.3, -0.25) is 14.9 Å². The molecule has 28 heavy (non-hydrogen) atoms. The van der Waals surface area contributed by atoms with E-state index in [4.69, 9.17) is 4.42 Å². The van der Waals surface area contributed by atoms with E-state index in [1.165, 1.54) is 24.3 Å². The number of nitro groups is 1. The number of fused-ring (bicyclic) bond motifs is 3. The molecule has 3 aromatic carbocycles. The molecule has 6 nitrogen and oxygen atoms in total. The number of rotatable bonds is 4. The minimum absolute atomic E-state index is 0.122. The summed E-state index contributed by atoms with van der Waals surface area (Å²) >= 11 is 0. The molecule has 1 heterocycles. The summed E-state index contributed by atoms with van der Waals surface area (Å²) in [4.78, 5) is 35.4. The summed E-state index contributed by atoms with van der Waals surface area (Å²) in [6.07, 6.45) is 2.47. The molecule has 0 aliphatic carbocycles. The van der Waals surface area contributed by atoms with Crippen LogP contribution in [0.2, 0.25) is 0 Å². The number of ketones is 1. The van der Waals surface area contributed by atoms with Crippen molar-refractivity contribution in [2.24, 2.45) is 0 Å². The van der Waals surface area contributed by atoms with E-state index in [1.807, 2.05) is 30.3 Å². The number of para-hydroxylation sites is 1. The highest BCUT2D eigenvalue weighted by Crippen LogP contribution is 2.25. The van der Waals surface area contributed by atoms with Crippen LogP contribution < -0.4 is 5.63 Å². The highest BCUT2D eigenvalue weighted by atomic mass is 16.6. The number of hydrogen-bond acceptors (Lipinski definition) is 5. The summed E-state index contributed by atoms with van der Waals surface area (Å²) in [6, 6.07) is 18.7. The van der Waals surface area contributed by atoms with Gasteiger partial charge < -0.3 is 4.42 Å². The first kappa shape index (κ1) is 17.4. The maximum atomic E-state index is 12.6.